The number of nitrogens with zero attached hydrogens (tertiary/aromatic N) is 2. The molecule has 0 heterocycles. The van der Waals surface area contributed by atoms with Gasteiger partial charge in [-0.15, -0.1) is 0 Å². The van der Waals surface area contributed by atoms with E-state index in [0.717, 1.165) is 25.7 Å². The second kappa shape index (κ2) is 7.06. The maximum Gasteiger partial charge on any atom is 0.255 e. The van der Waals surface area contributed by atoms with Crippen LogP contribution in [0.1, 0.15) is 36.0 Å². The lowest BCUT2D eigenvalue weighted by Gasteiger charge is -2.29. The summed E-state index contributed by atoms with van der Waals surface area (Å²) in [5, 5.41) is 11.7. The van der Waals surface area contributed by atoms with Crippen LogP contribution < -0.4 is 5.73 Å². The lowest BCUT2D eigenvalue weighted by atomic mass is 10.1. The molecule has 0 bridgehead atoms. The van der Waals surface area contributed by atoms with Crippen LogP contribution in [0.3, 0.4) is 0 Å². The van der Waals surface area contributed by atoms with E-state index in [2.05, 4.69) is 5.16 Å². The van der Waals surface area contributed by atoms with E-state index in [-0.39, 0.29) is 30.1 Å². The molecule has 0 unspecified atom stereocenters. The number of amidine groups is 1. The van der Waals surface area contributed by atoms with Crippen molar-refractivity contribution in [3.05, 3.63) is 33.1 Å². The molecule has 0 saturated heterocycles. The summed E-state index contributed by atoms with van der Waals surface area (Å²) in [7, 11) is 0. The Hall–Kier alpha value is -1.38. The first kappa shape index (κ1) is 16.0. The maximum atomic E-state index is 13.2. The summed E-state index contributed by atoms with van der Waals surface area (Å²) in [5.74, 6) is -0.593. The van der Waals surface area contributed by atoms with Gasteiger partial charge in [0.1, 0.15) is 5.82 Å². The van der Waals surface area contributed by atoms with Crippen LogP contribution in [0.5, 0.6) is 0 Å². The molecule has 1 amide bonds. The lowest BCUT2D eigenvalue weighted by molar-refractivity contribution is 0.0711. The van der Waals surface area contributed by atoms with Crippen molar-refractivity contribution in [2.45, 2.75) is 31.7 Å². The summed E-state index contributed by atoms with van der Waals surface area (Å²) < 4.78 is 13.7. The molecule has 0 atom stereocenters. The summed E-state index contributed by atoms with van der Waals surface area (Å²) in [5.41, 5.74) is 6.00. The Bertz CT molecular complexity index is 559. The molecule has 1 aliphatic rings. The van der Waals surface area contributed by atoms with Crippen molar-refractivity contribution in [1.29, 1.82) is 0 Å². The number of rotatable bonds is 4. The number of amides is 1. The van der Waals surface area contributed by atoms with Gasteiger partial charge in [-0.1, -0.05) is 18.0 Å². The van der Waals surface area contributed by atoms with Crippen molar-refractivity contribution >= 4 is 34.3 Å². The van der Waals surface area contributed by atoms with Crippen molar-refractivity contribution in [1.82, 2.24) is 4.90 Å². The highest BCUT2D eigenvalue weighted by Gasteiger charge is 2.29. The number of benzene rings is 1. The predicted molar refractivity (Wildman–Crippen MR) is 85.8 cm³/mol. The molecule has 0 aliphatic heterocycles. The average Bonchev–Trinajstić information content (AvgIpc) is 2.97. The standard InChI is InChI=1S/C14H17FIN3O2/c15-9-5-6-11(12(16)7-9)14(20)19(8-13(17)18-21)10-3-1-2-4-10/h5-7,10,21H,1-4,8H2,(H2,17,18). The fourth-order valence-corrected chi connectivity index (χ4v) is 3.31. The highest BCUT2D eigenvalue weighted by molar-refractivity contribution is 14.1. The predicted octanol–water partition coefficient (Wildman–Crippen LogP) is 2.56. The normalized spacial score (nSPS) is 16.2. The molecule has 1 aliphatic carbocycles. The Kier molecular flexibility index (Phi) is 5.38. The number of oxime groups is 1. The second-order valence-electron chi connectivity index (χ2n) is 5.09. The molecular formula is C14H17FIN3O2. The SMILES string of the molecule is N/C(CN(C(=O)c1ccc(F)cc1I)C1CCCC1)=N/O. The van der Waals surface area contributed by atoms with E-state index in [9.17, 15) is 9.18 Å². The van der Waals surface area contributed by atoms with E-state index in [1.165, 1.54) is 18.2 Å². The van der Waals surface area contributed by atoms with E-state index in [1.54, 1.807) is 4.90 Å². The number of hydrogen-bond donors (Lipinski definition) is 2. The van der Waals surface area contributed by atoms with Gasteiger partial charge < -0.3 is 15.8 Å². The Balaban J connectivity index is 2.28. The topological polar surface area (TPSA) is 78.9 Å². The molecule has 1 aromatic rings. The van der Waals surface area contributed by atoms with Crippen LogP contribution in [0, 0.1) is 9.39 Å². The third-order valence-corrected chi connectivity index (χ3v) is 4.54. The molecule has 3 N–H and O–H groups in total. The Morgan fingerprint density at radius 3 is 2.71 bits per heavy atom. The van der Waals surface area contributed by atoms with Gasteiger partial charge in [0.2, 0.25) is 0 Å². The first-order valence-electron chi connectivity index (χ1n) is 6.75. The number of carbonyl (C=O) groups is 1. The van der Waals surface area contributed by atoms with Crippen molar-refractivity contribution < 1.29 is 14.4 Å². The van der Waals surface area contributed by atoms with Gasteiger partial charge in [0.15, 0.2) is 5.84 Å². The summed E-state index contributed by atoms with van der Waals surface area (Å²) in [6.45, 7) is 0.0768. The molecule has 0 spiro atoms. The monoisotopic (exact) mass is 405 g/mol. The van der Waals surface area contributed by atoms with Crippen molar-refractivity contribution in [2.75, 3.05) is 6.54 Å². The molecule has 0 aromatic heterocycles. The van der Waals surface area contributed by atoms with E-state index >= 15 is 0 Å². The molecule has 7 heteroatoms. The van der Waals surface area contributed by atoms with Gasteiger partial charge in [-0.25, -0.2) is 4.39 Å². The smallest absolute Gasteiger partial charge is 0.255 e. The highest BCUT2D eigenvalue weighted by atomic mass is 127. The van der Waals surface area contributed by atoms with Gasteiger partial charge >= 0.3 is 0 Å². The van der Waals surface area contributed by atoms with Gasteiger partial charge in [-0.05, 0) is 53.6 Å². The van der Waals surface area contributed by atoms with Crippen LogP contribution in [0.2, 0.25) is 0 Å². The summed E-state index contributed by atoms with van der Waals surface area (Å²) in [6, 6.07) is 4.15. The first-order chi connectivity index (χ1) is 10.0. The van der Waals surface area contributed by atoms with Gasteiger partial charge in [-0.2, -0.15) is 0 Å². The van der Waals surface area contributed by atoms with Gasteiger partial charge in [0.25, 0.3) is 5.91 Å². The van der Waals surface area contributed by atoms with Crippen molar-refractivity contribution in [3.63, 3.8) is 0 Å². The zero-order valence-electron chi connectivity index (χ0n) is 11.4. The molecule has 1 aromatic carbocycles. The van der Waals surface area contributed by atoms with Crippen molar-refractivity contribution in [3.8, 4) is 0 Å². The molecule has 21 heavy (non-hydrogen) atoms. The summed E-state index contributed by atoms with van der Waals surface area (Å²) in [4.78, 5) is 14.3. The molecule has 5 nitrogen and oxygen atoms in total. The van der Waals surface area contributed by atoms with Crippen LogP contribution in [0.25, 0.3) is 0 Å². The number of hydrogen-bond acceptors (Lipinski definition) is 3. The zero-order valence-corrected chi connectivity index (χ0v) is 13.6. The van der Waals surface area contributed by atoms with E-state index in [0.29, 0.717) is 9.13 Å². The van der Waals surface area contributed by atoms with Crippen LogP contribution in [-0.2, 0) is 0 Å². The van der Waals surface area contributed by atoms with E-state index in [4.69, 9.17) is 10.9 Å². The molecule has 2 rings (SSSR count). The summed E-state index contributed by atoms with van der Waals surface area (Å²) in [6.07, 6.45) is 3.93. The number of halogens is 2. The summed E-state index contributed by atoms with van der Waals surface area (Å²) >= 11 is 1.94. The number of carbonyl (C=O) groups excluding carboxylic acids is 1. The average molecular weight is 405 g/mol. The lowest BCUT2D eigenvalue weighted by Crippen LogP contribution is -2.44. The van der Waals surface area contributed by atoms with Crippen LogP contribution in [-0.4, -0.2) is 34.4 Å². The third-order valence-electron chi connectivity index (χ3n) is 3.65. The molecular weight excluding hydrogens is 388 g/mol. The minimum atomic E-state index is -0.375. The molecule has 114 valence electrons. The van der Waals surface area contributed by atoms with Gasteiger partial charge in [0, 0.05) is 9.61 Å². The second-order valence-corrected chi connectivity index (χ2v) is 6.25. The van der Waals surface area contributed by atoms with E-state index < -0.39 is 0 Å². The van der Waals surface area contributed by atoms with Gasteiger partial charge in [-0.3, -0.25) is 4.79 Å². The zero-order chi connectivity index (χ0) is 15.4. The minimum absolute atomic E-state index is 0.00706. The Morgan fingerprint density at radius 1 is 1.48 bits per heavy atom. The van der Waals surface area contributed by atoms with Crippen LogP contribution in [0.15, 0.2) is 23.4 Å². The van der Waals surface area contributed by atoms with Crippen LogP contribution in [0.4, 0.5) is 4.39 Å². The molecule has 1 saturated carbocycles. The minimum Gasteiger partial charge on any atom is -0.409 e. The Labute approximate surface area is 136 Å². The van der Waals surface area contributed by atoms with Gasteiger partial charge in [0.05, 0.1) is 12.1 Å². The van der Waals surface area contributed by atoms with Crippen LogP contribution >= 0.6 is 22.6 Å². The Morgan fingerprint density at radius 2 is 2.14 bits per heavy atom. The third kappa shape index (κ3) is 3.84. The first-order valence-corrected chi connectivity index (χ1v) is 7.83. The van der Waals surface area contributed by atoms with Crippen molar-refractivity contribution in [2.24, 2.45) is 10.9 Å². The van der Waals surface area contributed by atoms with E-state index in [1.807, 2.05) is 22.6 Å². The quantitative estimate of drug-likeness (QED) is 0.266. The largest absolute Gasteiger partial charge is 0.409 e. The molecule has 0 radical (unpaired) electrons. The highest BCUT2D eigenvalue weighted by Crippen LogP contribution is 2.26. The number of nitrogens with two attached hydrogens (primary N) is 1. The fraction of sp³-hybridized carbons (Fsp3) is 0.429. The maximum absolute atomic E-state index is 13.2. The fourth-order valence-electron chi connectivity index (χ4n) is 2.61. The molecule has 1 fully saturated rings.